The Morgan fingerprint density at radius 1 is 1.32 bits per heavy atom. The van der Waals surface area contributed by atoms with Crippen molar-refractivity contribution >= 4 is 17.3 Å². The quantitative estimate of drug-likeness (QED) is 0.902. The first-order valence-corrected chi connectivity index (χ1v) is 6.77. The zero-order valence-electron chi connectivity index (χ0n) is 11.1. The van der Waals surface area contributed by atoms with E-state index in [-0.39, 0.29) is 5.82 Å². The first-order chi connectivity index (χ1) is 9.17. The molecule has 0 saturated heterocycles. The number of rotatable bonds is 5. The Kier molecular flexibility index (Phi) is 4.43. The maximum atomic E-state index is 13.5. The van der Waals surface area contributed by atoms with Crippen LogP contribution in [0, 0.1) is 5.82 Å². The molecule has 0 aliphatic heterocycles. The average Bonchev–Trinajstić information content (AvgIpc) is 2.74. The summed E-state index contributed by atoms with van der Waals surface area (Å²) in [6, 6.07) is 6.59. The van der Waals surface area contributed by atoms with Crippen molar-refractivity contribution in [3.05, 3.63) is 46.5 Å². The largest absolute Gasteiger partial charge is 0.377 e. The lowest BCUT2D eigenvalue weighted by Gasteiger charge is -2.09. The molecule has 0 bridgehead atoms. The summed E-state index contributed by atoms with van der Waals surface area (Å²) in [6.45, 7) is 5.23. The molecule has 19 heavy (non-hydrogen) atoms. The summed E-state index contributed by atoms with van der Waals surface area (Å²) in [4.78, 5) is 0. The molecule has 102 valence electrons. The second-order valence-electron chi connectivity index (χ2n) is 4.21. The van der Waals surface area contributed by atoms with Gasteiger partial charge >= 0.3 is 0 Å². The molecule has 0 atom stereocenters. The molecule has 0 unspecified atom stereocenters. The van der Waals surface area contributed by atoms with Crippen molar-refractivity contribution in [2.75, 3.05) is 5.32 Å². The van der Waals surface area contributed by atoms with Gasteiger partial charge in [-0.2, -0.15) is 5.10 Å². The van der Waals surface area contributed by atoms with Crippen LogP contribution in [0.15, 0.2) is 24.3 Å². The van der Waals surface area contributed by atoms with Crippen LogP contribution in [0.25, 0.3) is 0 Å². The number of hydrogen-bond donors (Lipinski definition) is 1. The summed E-state index contributed by atoms with van der Waals surface area (Å²) in [5, 5.41) is 8.17. The van der Waals surface area contributed by atoms with Crippen molar-refractivity contribution < 1.29 is 4.39 Å². The zero-order chi connectivity index (χ0) is 13.8. The molecule has 0 spiro atoms. The van der Waals surface area contributed by atoms with Gasteiger partial charge in [-0.25, -0.2) is 4.39 Å². The van der Waals surface area contributed by atoms with Crippen molar-refractivity contribution in [2.45, 2.75) is 33.4 Å². The molecule has 2 rings (SSSR count). The molecule has 0 radical (unpaired) electrons. The van der Waals surface area contributed by atoms with E-state index in [1.165, 1.54) is 6.07 Å². The summed E-state index contributed by atoms with van der Waals surface area (Å²) in [7, 11) is 0. The van der Waals surface area contributed by atoms with Crippen LogP contribution in [0.5, 0.6) is 0 Å². The molecule has 0 amide bonds. The number of anilines is 1. The van der Waals surface area contributed by atoms with E-state index < -0.39 is 0 Å². The van der Waals surface area contributed by atoms with Crippen LogP contribution in [0.2, 0.25) is 5.02 Å². The Morgan fingerprint density at radius 2 is 2.05 bits per heavy atom. The van der Waals surface area contributed by atoms with Gasteiger partial charge in [0.05, 0.1) is 28.6 Å². The number of hydrogen-bond acceptors (Lipinski definition) is 2. The van der Waals surface area contributed by atoms with Gasteiger partial charge in [0.1, 0.15) is 5.82 Å². The van der Waals surface area contributed by atoms with Gasteiger partial charge in [-0.1, -0.05) is 30.7 Å². The van der Waals surface area contributed by atoms with Gasteiger partial charge < -0.3 is 5.32 Å². The number of nitrogens with zero attached hydrogens (tertiary/aromatic N) is 2. The van der Waals surface area contributed by atoms with E-state index in [1.807, 2.05) is 18.5 Å². The van der Waals surface area contributed by atoms with Gasteiger partial charge in [0, 0.05) is 6.54 Å². The van der Waals surface area contributed by atoms with E-state index in [0.29, 0.717) is 17.3 Å². The van der Waals surface area contributed by atoms with Crippen LogP contribution in [-0.2, 0) is 19.5 Å². The van der Waals surface area contributed by atoms with E-state index in [1.54, 1.807) is 18.2 Å². The Labute approximate surface area is 117 Å². The van der Waals surface area contributed by atoms with Crippen molar-refractivity contribution in [3.63, 3.8) is 0 Å². The van der Waals surface area contributed by atoms with E-state index in [4.69, 9.17) is 11.6 Å². The fourth-order valence-corrected chi connectivity index (χ4v) is 2.31. The molecule has 0 fully saturated rings. The zero-order valence-corrected chi connectivity index (χ0v) is 11.8. The molecule has 0 aliphatic rings. The number of aromatic nitrogens is 2. The smallest absolute Gasteiger partial charge is 0.146 e. The third-order valence-corrected chi connectivity index (χ3v) is 3.45. The third kappa shape index (κ3) is 2.89. The Morgan fingerprint density at radius 3 is 2.68 bits per heavy atom. The fourth-order valence-electron chi connectivity index (χ4n) is 1.97. The van der Waals surface area contributed by atoms with E-state index in [9.17, 15) is 4.39 Å². The molecule has 1 heterocycles. The normalized spacial score (nSPS) is 10.7. The highest BCUT2D eigenvalue weighted by atomic mass is 35.5. The SMILES string of the molecule is CCc1nn(CC)c(CNc2ccccc2F)c1Cl. The number of aryl methyl sites for hydroxylation is 2. The number of halogens is 2. The molecule has 3 nitrogen and oxygen atoms in total. The molecule has 2 aromatic rings. The molecule has 5 heteroatoms. The van der Waals surface area contributed by atoms with Crippen LogP contribution in [0.4, 0.5) is 10.1 Å². The summed E-state index contributed by atoms with van der Waals surface area (Å²) < 4.78 is 15.4. The predicted octanol–water partition coefficient (Wildman–Crippen LogP) is 3.87. The molecule has 0 aliphatic carbocycles. The summed E-state index contributed by atoms with van der Waals surface area (Å²) in [5.41, 5.74) is 2.25. The minimum absolute atomic E-state index is 0.267. The van der Waals surface area contributed by atoms with Crippen molar-refractivity contribution in [2.24, 2.45) is 0 Å². The number of para-hydroxylation sites is 1. The van der Waals surface area contributed by atoms with Crippen LogP contribution in [-0.4, -0.2) is 9.78 Å². The molecular weight excluding hydrogens is 265 g/mol. The first-order valence-electron chi connectivity index (χ1n) is 6.39. The van der Waals surface area contributed by atoms with Gasteiger partial charge in [-0.3, -0.25) is 4.68 Å². The van der Waals surface area contributed by atoms with E-state index >= 15 is 0 Å². The Bertz CT molecular complexity index is 566. The maximum Gasteiger partial charge on any atom is 0.146 e. The Balaban J connectivity index is 2.20. The van der Waals surface area contributed by atoms with Gasteiger partial charge in [0.25, 0.3) is 0 Å². The highest BCUT2D eigenvalue weighted by Crippen LogP contribution is 2.23. The molecule has 1 N–H and O–H groups in total. The average molecular weight is 282 g/mol. The standard InChI is InChI=1S/C14H17ClFN3/c1-3-11-14(15)13(19(4-2)18-11)9-17-12-8-6-5-7-10(12)16/h5-8,17H,3-4,9H2,1-2H3. The highest BCUT2D eigenvalue weighted by molar-refractivity contribution is 6.31. The van der Waals surface area contributed by atoms with Crippen LogP contribution in [0.3, 0.4) is 0 Å². The fraction of sp³-hybridized carbons (Fsp3) is 0.357. The minimum Gasteiger partial charge on any atom is -0.377 e. The van der Waals surface area contributed by atoms with Gasteiger partial charge in [0.15, 0.2) is 0 Å². The monoisotopic (exact) mass is 281 g/mol. The Hall–Kier alpha value is -1.55. The topological polar surface area (TPSA) is 29.9 Å². The summed E-state index contributed by atoms with van der Waals surface area (Å²) in [5.74, 6) is -0.267. The number of nitrogens with one attached hydrogen (secondary N) is 1. The molecular formula is C14H17ClFN3. The second-order valence-corrected chi connectivity index (χ2v) is 4.59. The maximum absolute atomic E-state index is 13.5. The van der Waals surface area contributed by atoms with E-state index in [2.05, 4.69) is 10.4 Å². The van der Waals surface area contributed by atoms with Gasteiger partial charge in [-0.05, 0) is 25.5 Å². The summed E-state index contributed by atoms with van der Waals surface area (Å²) in [6.07, 6.45) is 0.790. The predicted molar refractivity (Wildman–Crippen MR) is 76.0 cm³/mol. The third-order valence-electron chi connectivity index (χ3n) is 3.01. The first kappa shape index (κ1) is 13.9. The lowest BCUT2D eigenvalue weighted by Crippen LogP contribution is -2.09. The molecule has 1 aromatic carbocycles. The molecule has 1 aromatic heterocycles. The van der Waals surface area contributed by atoms with Gasteiger partial charge in [0.2, 0.25) is 0 Å². The van der Waals surface area contributed by atoms with Crippen molar-refractivity contribution in [1.82, 2.24) is 9.78 Å². The highest BCUT2D eigenvalue weighted by Gasteiger charge is 2.14. The number of benzene rings is 1. The second kappa shape index (κ2) is 6.06. The van der Waals surface area contributed by atoms with Crippen LogP contribution < -0.4 is 5.32 Å². The van der Waals surface area contributed by atoms with Crippen molar-refractivity contribution in [1.29, 1.82) is 0 Å². The van der Waals surface area contributed by atoms with Crippen LogP contribution in [0.1, 0.15) is 25.2 Å². The van der Waals surface area contributed by atoms with Crippen molar-refractivity contribution in [3.8, 4) is 0 Å². The lowest BCUT2D eigenvalue weighted by atomic mass is 10.2. The van der Waals surface area contributed by atoms with Gasteiger partial charge in [-0.15, -0.1) is 0 Å². The van der Waals surface area contributed by atoms with Crippen LogP contribution >= 0.6 is 11.6 Å². The lowest BCUT2D eigenvalue weighted by molar-refractivity contribution is 0.614. The minimum atomic E-state index is -0.267. The van der Waals surface area contributed by atoms with E-state index in [0.717, 1.165) is 24.4 Å². The summed E-state index contributed by atoms with van der Waals surface area (Å²) >= 11 is 6.30. The molecule has 0 saturated carbocycles.